The van der Waals surface area contributed by atoms with Crippen LogP contribution in [0.2, 0.25) is 0 Å². The standard InChI is InChI=1S/C13H13FN5O5P/c1-7-11-16-3-9(19(11)18-6-17-7)13(5-15)12(2,14)10-8(23-13)4-22-25(20,21)24-10/h3,6,8,10H,4H2,1-2H3,(H,20,21)/t8-,10-,12-,13+/m1/s1. The lowest BCUT2D eigenvalue weighted by atomic mass is 9.82. The molecule has 2 aromatic heterocycles. The van der Waals surface area contributed by atoms with Crippen molar-refractivity contribution in [2.24, 2.45) is 0 Å². The first-order valence-electron chi connectivity index (χ1n) is 7.31. The van der Waals surface area contributed by atoms with Crippen LogP contribution in [0.3, 0.4) is 0 Å². The van der Waals surface area contributed by atoms with Crippen LogP contribution >= 0.6 is 7.82 Å². The Morgan fingerprint density at radius 3 is 3.04 bits per heavy atom. The van der Waals surface area contributed by atoms with Gasteiger partial charge in [0.1, 0.15) is 30.3 Å². The smallest absolute Gasteiger partial charge is 0.343 e. The van der Waals surface area contributed by atoms with Crippen molar-refractivity contribution in [2.45, 2.75) is 37.3 Å². The SMILES string of the molecule is Cc1ncnn2c([C@]3(C#N)O[C@@H]4COP(=O)(O)O[C@H]4[C@@]3(C)F)cnc12. The van der Waals surface area contributed by atoms with Gasteiger partial charge in [0.2, 0.25) is 5.60 Å². The Morgan fingerprint density at radius 1 is 1.56 bits per heavy atom. The summed E-state index contributed by atoms with van der Waals surface area (Å²) in [4.78, 5) is 17.6. The second-order valence-electron chi connectivity index (χ2n) is 6.04. The maximum absolute atomic E-state index is 15.8. The van der Waals surface area contributed by atoms with Crippen molar-refractivity contribution in [3.63, 3.8) is 0 Å². The second-order valence-corrected chi connectivity index (χ2v) is 7.45. The number of alkyl halides is 1. The molecule has 25 heavy (non-hydrogen) atoms. The van der Waals surface area contributed by atoms with Crippen molar-refractivity contribution in [1.82, 2.24) is 19.6 Å². The summed E-state index contributed by atoms with van der Waals surface area (Å²) in [7, 11) is -4.41. The van der Waals surface area contributed by atoms with E-state index in [1.165, 1.54) is 17.0 Å². The molecule has 12 heteroatoms. The molecule has 0 aliphatic carbocycles. The fourth-order valence-corrected chi connectivity index (χ4v) is 4.28. The number of hydrogen-bond donors (Lipinski definition) is 1. The van der Waals surface area contributed by atoms with Gasteiger partial charge in [-0.2, -0.15) is 10.4 Å². The Hall–Kier alpha value is -1.96. The minimum Gasteiger partial charge on any atom is -0.343 e. The van der Waals surface area contributed by atoms with Gasteiger partial charge in [0.25, 0.3) is 0 Å². The van der Waals surface area contributed by atoms with Crippen molar-refractivity contribution < 1.29 is 27.6 Å². The van der Waals surface area contributed by atoms with Gasteiger partial charge in [-0.1, -0.05) is 0 Å². The van der Waals surface area contributed by atoms with E-state index in [0.29, 0.717) is 11.3 Å². The van der Waals surface area contributed by atoms with Crippen LogP contribution in [-0.4, -0.2) is 49.0 Å². The minimum absolute atomic E-state index is 0.0336. The molecule has 2 fully saturated rings. The quantitative estimate of drug-likeness (QED) is 0.725. The Balaban J connectivity index is 1.91. The molecule has 0 amide bonds. The molecule has 2 aromatic rings. The van der Waals surface area contributed by atoms with E-state index in [-0.39, 0.29) is 12.3 Å². The number of halogens is 1. The third-order valence-corrected chi connectivity index (χ3v) is 5.50. The number of rotatable bonds is 1. The minimum atomic E-state index is -4.41. The second kappa shape index (κ2) is 5.03. The van der Waals surface area contributed by atoms with Crippen LogP contribution in [0.4, 0.5) is 4.39 Å². The van der Waals surface area contributed by atoms with Crippen LogP contribution in [0.15, 0.2) is 12.5 Å². The summed E-state index contributed by atoms with van der Waals surface area (Å²) in [6.45, 7) is 2.39. The van der Waals surface area contributed by atoms with E-state index in [2.05, 4.69) is 19.6 Å². The van der Waals surface area contributed by atoms with Gasteiger partial charge in [-0.25, -0.2) is 23.4 Å². The van der Waals surface area contributed by atoms with Crippen LogP contribution in [0.25, 0.3) is 5.65 Å². The van der Waals surface area contributed by atoms with Gasteiger partial charge in [-0.15, -0.1) is 0 Å². The third-order valence-electron chi connectivity index (χ3n) is 4.54. The van der Waals surface area contributed by atoms with Crippen molar-refractivity contribution in [1.29, 1.82) is 5.26 Å². The summed E-state index contributed by atoms with van der Waals surface area (Å²) in [5.74, 6) is 0. The lowest BCUT2D eigenvalue weighted by molar-refractivity contribution is -0.0762. The Morgan fingerprint density at radius 2 is 2.32 bits per heavy atom. The van der Waals surface area contributed by atoms with E-state index in [4.69, 9.17) is 9.26 Å². The molecule has 132 valence electrons. The fraction of sp³-hybridized carbons (Fsp3) is 0.538. The molecule has 4 heterocycles. The predicted octanol–water partition coefficient (Wildman–Crippen LogP) is 0.794. The maximum atomic E-state index is 15.8. The molecule has 2 aliphatic rings. The van der Waals surface area contributed by atoms with Gasteiger partial charge >= 0.3 is 7.82 Å². The molecule has 2 saturated heterocycles. The molecule has 2 aliphatic heterocycles. The van der Waals surface area contributed by atoms with Crippen LogP contribution < -0.4 is 0 Å². The van der Waals surface area contributed by atoms with E-state index >= 15 is 4.39 Å². The van der Waals surface area contributed by atoms with Gasteiger partial charge in [0, 0.05) is 0 Å². The summed E-state index contributed by atoms with van der Waals surface area (Å²) in [6.07, 6.45) is 0.00882. The number of phosphoric ester groups is 1. The number of hydrogen-bond acceptors (Lipinski definition) is 8. The zero-order chi connectivity index (χ0) is 18.0. The molecule has 0 spiro atoms. The third kappa shape index (κ3) is 2.09. The fourth-order valence-electron chi connectivity index (χ4n) is 3.26. The van der Waals surface area contributed by atoms with Gasteiger partial charge < -0.3 is 9.63 Å². The summed E-state index contributed by atoms with van der Waals surface area (Å²) in [6, 6.07) is 1.84. The highest BCUT2D eigenvalue weighted by atomic mass is 31.2. The van der Waals surface area contributed by atoms with Crippen molar-refractivity contribution >= 4 is 13.5 Å². The van der Waals surface area contributed by atoms with Crippen molar-refractivity contribution in [3.05, 3.63) is 23.9 Å². The molecule has 10 nitrogen and oxygen atoms in total. The molecule has 0 radical (unpaired) electrons. The highest BCUT2D eigenvalue weighted by Crippen LogP contribution is 2.59. The Kier molecular flexibility index (Phi) is 3.32. The zero-order valence-corrected chi connectivity index (χ0v) is 14.1. The molecule has 1 unspecified atom stereocenters. The summed E-state index contributed by atoms with van der Waals surface area (Å²) >= 11 is 0. The maximum Gasteiger partial charge on any atom is 0.472 e. The number of ether oxygens (including phenoxy) is 1. The predicted molar refractivity (Wildman–Crippen MR) is 77.8 cm³/mol. The van der Waals surface area contributed by atoms with Gasteiger partial charge in [0.05, 0.1) is 18.5 Å². The molecule has 0 saturated carbocycles. The summed E-state index contributed by atoms with van der Waals surface area (Å²) < 4.78 is 43.9. The number of aromatic nitrogens is 4. The Labute approximate surface area is 140 Å². The first-order valence-corrected chi connectivity index (χ1v) is 8.81. The van der Waals surface area contributed by atoms with Crippen LogP contribution in [0.1, 0.15) is 18.3 Å². The number of imidazole rings is 1. The molecule has 5 atom stereocenters. The number of nitriles is 1. The Bertz CT molecular complexity index is 958. The zero-order valence-electron chi connectivity index (χ0n) is 13.2. The van der Waals surface area contributed by atoms with E-state index < -0.39 is 31.3 Å². The van der Waals surface area contributed by atoms with Gasteiger partial charge in [-0.3, -0.25) is 9.05 Å². The number of phosphoric acid groups is 1. The van der Waals surface area contributed by atoms with Crippen LogP contribution in [-0.2, 0) is 24.0 Å². The van der Waals surface area contributed by atoms with E-state index in [0.717, 1.165) is 6.92 Å². The summed E-state index contributed by atoms with van der Waals surface area (Å²) in [5, 5.41) is 13.8. The average Bonchev–Trinajstić information content (AvgIpc) is 3.07. The monoisotopic (exact) mass is 369 g/mol. The van der Waals surface area contributed by atoms with Gasteiger partial charge in [0.15, 0.2) is 11.3 Å². The normalized spacial score (nSPS) is 40.8. The molecule has 0 aromatic carbocycles. The molecule has 0 bridgehead atoms. The number of fused-ring (bicyclic) bond motifs is 2. The highest BCUT2D eigenvalue weighted by Gasteiger charge is 2.70. The molecule has 1 N–H and O–H groups in total. The largest absolute Gasteiger partial charge is 0.472 e. The van der Waals surface area contributed by atoms with Crippen LogP contribution in [0, 0.1) is 18.3 Å². The van der Waals surface area contributed by atoms with Crippen LogP contribution in [0.5, 0.6) is 0 Å². The number of aryl methyl sites for hydroxylation is 1. The lowest BCUT2D eigenvalue weighted by Crippen LogP contribution is -2.50. The average molecular weight is 369 g/mol. The molecule has 4 rings (SSSR count). The topological polar surface area (TPSA) is 132 Å². The summed E-state index contributed by atoms with van der Waals surface area (Å²) in [5.41, 5.74) is -3.72. The van der Waals surface area contributed by atoms with Crippen molar-refractivity contribution in [2.75, 3.05) is 6.61 Å². The molecular weight excluding hydrogens is 356 g/mol. The molecular formula is C13H13FN5O5P. The van der Waals surface area contributed by atoms with E-state index in [1.807, 2.05) is 6.07 Å². The highest BCUT2D eigenvalue weighted by molar-refractivity contribution is 7.47. The van der Waals surface area contributed by atoms with Crippen molar-refractivity contribution in [3.8, 4) is 6.07 Å². The van der Waals surface area contributed by atoms with Gasteiger partial charge in [-0.05, 0) is 13.8 Å². The first kappa shape index (κ1) is 16.5. The van der Waals surface area contributed by atoms with E-state index in [9.17, 15) is 14.7 Å². The van der Waals surface area contributed by atoms with E-state index in [1.54, 1.807) is 6.92 Å². The number of nitrogens with zero attached hydrogens (tertiary/aromatic N) is 5. The lowest BCUT2D eigenvalue weighted by Gasteiger charge is -2.33. The first-order chi connectivity index (χ1) is 11.7.